The lowest BCUT2D eigenvalue weighted by molar-refractivity contribution is 0.644. The Kier molecular flexibility index (Phi) is 3.56. The maximum Gasteiger partial charge on any atom is 0.135 e. The third kappa shape index (κ3) is 2.25. The molecule has 84 valence electrons. The predicted molar refractivity (Wildman–Crippen MR) is 65.4 cm³/mol. The van der Waals surface area contributed by atoms with E-state index < -0.39 is 0 Å². The number of hydrogen-bond donors (Lipinski definition) is 0. The summed E-state index contributed by atoms with van der Waals surface area (Å²) in [6.07, 6.45) is 5.68. The van der Waals surface area contributed by atoms with E-state index in [1.807, 2.05) is 17.8 Å². The van der Waals surface area contributed by atoms with E-state index in [9.17, 15) is 0 Å². The molecule has 0 atom stereocenters. The van der Waals surface area contributed by atoms with Crippen LogP contribution >= 0.6 is 27.5 Å². The second-order valence-corrected chi connectivity index (χ2v) is 4.40. The van der Waals surface area contributed by atoms with Crippen LogP contribution in [-0.2, 0) is 13.0 Å². The van der Waals surface area contributed by atoms with Gasteiger partial charge in [-0.15, -0.1) is 0 Å². The van der Waals surface area contributed by atoms with Gasteiger partial charge >= 0.3 is 0 Å². The zero-order chi connectivity index (χ0) is 11.5. The van der Waals surface area contributed by atoms with Crippen LogP contribution in [0.15, 0.2) is 23.3 Å². The minimum atomic E-state index is 0.492. The van der Waals surface area contributed by atoms with Crippen molar-refractivity contribution in [3.63, 3.8) is 0 Å². The number of rotatable bonds is 3. The predicted octanol–water partition coefficient (Wildman–Crippen LogP) is 2.70. The van der Waals surface area contributed by atoms with Gasteiger partial charge in [0.15, 0.2) is 0 Å². The zero-order valence-electron chi connectivity index (χ0n) is 8.69. The van der Waals surface area contributed by atoms with E-state index in [1.54, 1.807) is 6.20 Å². The number of halogens is 2. The molecule has 4 nitrogen and oxygen atoms in total. The second-order valence-electron chi connectivity index (χ2n) is 3.29. The molecule has 0 bridgehead atoms. The molecule has 0 aliphatic rings. The number of aromatic nitrogens is 4. The topological polar surface area (TPSA) is 43.6 Å². The quantitative estimate of drug-likeness (QED) is 0.819. The van der Waals surface area contributed by atoms with E-state index in [4.69, 9.17) is 11.6 Å². The maximum absolute atomic E-state index is 5.97. The van der Waals surface area contributed by atoms with Crippen molar-refractivity contribution in [2.24, 2.45) is 0 Å². The van der Waals surface area contributed by atoms with Gasteiger partial charge in [-0.05, 0) is 22.9 Å². The Balaban J connectivity index is 2.27. The summed E-state index contributed by atoms with van der Waals surface area (Å²) in [5.41, 5.74) is 1.99. The van der Waals surface area contributed by atoms with Gasteiger partial charge in [-0.25, -0.2) is 9.97 Å². The van der Waals surface area contributed by atoms with Crippen molar-refractivity contribution in [3.8, 4) is 0 Å². The van der Waals surface area contributed by atoms with Gasteiger partial charge in [0.25, 0.3) is 0 Å². The molecule has 16 heavy (non-hydrogen) atoms. The summed E-state index contributed by atoms with van der Waals surface area (Å²) in [6.45, 7) is 2.87. The monoisotopic (exact) mass is 300 g/mol. The molecule has 0 saturated carbocycles. The highest BCUT2D eigenvalue weighted by Crippen LogP contribution is 2.22. The van der Waals surface area contributed by atoms with Gasteiger partial charge in [0.1, 0.15) is 16.1 Å². The Hall–Kier alpha value is -0.940. The smallest absolute Gasteiger partial charge is 0.135 e. The molecule has 2 aromatic rings. The van der Waals surface area contributed by atoms with Crippen LogP contribution in [0.2, 0.25) is 5.15 Å². The third-order valence-corrected chi connectivity index (χ3v) is 3.52. The molecule has 0 spiro atoms. The van der Waals surface area contributed by atoms with Crippen molar-refractivity contribution in [3.05, 3.63) is 39.6 Å². The van der Waals surface area contributed by atoms with Gasteiger partial charge in [0.2, 0.25) is 0 Å². The van der Waals surface area contributed by atoms with Crippen LogP contribution in [0, 0.1) is 0 Å². The molecule has 0 unspecified atom stereocenters. The van der Waals surface area contributed by atoms with Crippen LogP contribution in [0.1, 0.15) is 18.1 Å². The van der Waals surface area contributed by atoms with E-state index in [-0.39, 0.29) is 0 Å². The average molecular weight is 302 g/mol. The van der Waals surface area contributed by atoms with Crippen LogP contribution < -0.4 is 0 Å². The minimum Gasteiger partial charge on any atom is -0.258 e. The van der Waals surface area contributed by atoms with Gasteiger partial charge in [-0.2, -0.15) is 5.10 Å². The summed E-state index contributed by atoms with van der Waals surface area (Å²) >= 11 is 9.48. The molecule has 2 rings (SSSR count). The Bertz CT molecular complexity index is 497. The lowest BCUT2D eigenvalue weighted by Gasteiger charge is -2.02. The lowest BCUT2D eigenvalue weighted by Crippen LogP contribution is -1.97. The fourth-order valence-corrected chi connectivity index (χ4v) is 2.16. The molecule has 0 aliphatic carbocycles. The Morgan fingerprint density at radius 2 is 2.19 bits per heavy atom. The first kappa shape index (κ1) is 11.5. The highest BCUT2D eigenvalue weighted by molar-refractivity contribution is 9.10. The highest BCUT2D eigenvalue weighted by atomic mass is 79.9. The molecule has 6 heteroatoms. The minimum absolute atomic E-state index is 0.492. The van der Waals surface area contributed by atoms with Crippen LogP contribution in [0.25, 0.3) is 0 Å². The van der Waals surface area contributed by atoms with E-state index in [0.717, 1.165) is 22.3 Å². The lowest BCUT2D eigenvalue weighted by atomic mass is 10.1. The number of hydrogen-bond acceptors (Lipinski definition) is 3. The first-order valence-corrected chi connectivity index (χ1v) is 6.04. The fraction of sp³-hybridized carbons (Fsp3) is 0.300. The van der Waals surface area contributed by atoms with Crippen LogP contribution in [0.3, 0.4) is 0 Å². The molecule has 0 aliphatic heterocycles. The van der Waals surface area contributed by atoms with Gasteiger partial charge in [-0.1, -0.05) is 11.6 Å². The van der Waals surface area contributed by atoms with Gasteiger partial charge < -0.3 is 0 Å². The summed E-state index contributed by atoms with van der Waals surface area (Å²) in [6, 6.07) is 0. The van der Waals surface area contributed by atoms with Crippen molar-refractivity contribution in [2.75, 3.05) is 0 Å². The number of nitrogens with zero attached hydrogens (tertiary/aromatic N) is 4. The van der Waals surface area contributed by atoms with Crippen LogP contribution in [0.5, 0.6) is 0 Å². The largest absolute Gasteiger partial charge is 0.258 e. The highest BCUT2D eigenvalue weighted by Gasteiger charge is 2.10. The molecule has 2 heterocycles. The molecule has 0 saturated heterocycles. The molecule has 2 aromatic heterocycles. The molecule has 0 amide bonds. The summed E-state index contributed by atoms with van der Waals surface area (Å²) in [5.74, 6) is 0. The molecular weight excluding hydrogens is 291 g/mol. The van der Waals surface area contributed by atoms with Crippen LogP contribution in [-0.4, -0.2) is 19.7 Å². The molecule has 0 aromatic carbocycles. The van der Waals surface area contributed by atoms with Crippen molar-refractivity contribution in [2.45, 2.75) is 19.9 Å². The standard InChI is InChI=1S/C10H10BrClN4/c1-2-16-9(11)7(5-15-16)3-8-4-13-6-14-10(8)12/h4-6H,2-3H2,1H3. The normalized spacial score (nSPS) is 10.7. The molecule has 0 radical (unpaired) electrons. The molecule has 0 fully saturated rings. The summed E-state index contributed by atoms with van der Waals surface area (Å²) in [5, 5.41) is 4.74. The summed E-state index contributed by atoms with van der Waals surface area (Å²) in [7, 11) is 0. The van der Waals surface area contributed by atoms with Crippen molar-refractivity contribution < 1.29 is 0 Å². The Morgan fingerprint density at radius 3 is 2.81 bits per heavy atom. The number of aryl methyl sites for hydroxylation is 1. The SMILES string of the molecule is CCn1ncc(Cc2cncnc2Cl)c1Br. The van der Waals surface area contributed by atoms with E-state index in [0.29, 0.717) is 11.6 Å². The van der Waals surface area contributed by atoms with Crippen LogP contribution in [0.4, 0.5) is 0 Å². The van der Waals surface area contributed by atoms with E-state index in [2.05, 4.69) is 31.0 Å². The molecule has 0 N–H and O–H groups in total. The Labute approximate surface area is 107 Å². The van der Waals surface area contributed by atoms with Gasteiger partial charge in [-0.3, -0.25) is 4.68 Å². The Morgan fingerprint density at radius 1 is 1.38 bits per heavy atom. The zero-order valence-corrected chi connectivity index (χ0v) is 11.0. The summed E-state index contributed by atoms with van der Waals surface area (Å²) in [4.78, 5) is 7.90. The maximum atomic E-state index is 5.97. The summed E-state index contributed by atoms with van der Waals surface area (Å²) < 4.78 is 2.86. The first-order valence-electron chi connectivity index (χ1n) is 4.87. The molecular formula is C10H10BrClN4. The second kappa shape index (κ2) is 4.93. The van der Waals surface area contributed by atoms with Crippen molar-refractivity contribution in [1.82, 2.24) is 19.7 Å². The fourth-order valence-electron chi connectivity index (χ4n) is 1.42. The van der Waals surface area contributed by atoms with E-state index >= 15 is 0 Å². The van der Waals surface area contributed by atoms with E-state index in [1.165, 1.54) is 6.33 Å². The van der Waals surface area contributed by atoms with Crippen molar-refractivity contribution in [1.29, 1.82) is 0 Å². The first-order chi connectivity index (χ1) is 7.72. The third-order valence-electron chi connectivity index (χ3n) is 2.26. The van der Waals surface area contributed by atoms with Gasteiger partial charge in [0, 0.05) is 30.3 Å². The van der Waals surface area contributed by atoms with Crippen molar-refractivity contribution >= 4 is 27.5 Å². The van der Waals surface area contributed by atoms with Gasteiger partial charge in [0.05, 0.1) is 6.20 Å². The average Bonchev–Trinajstić information content (AvgIpc) is 2.63.